The number of hydrogen-bond acceptors (Lipinski definition) is 1. The molecule has 5 heteroatoms. The fourth-order valence-electron chi connectivity index (χ4n) is 1.70. The Bertz CT molecular complexity index is 410. The van der Waals surface area contributed by atoms with Crippen LogP contribution in [-0.4, -0.2) is 11.7 Å². The van der Waals surface area contributed by atoms with Gasteiger partial charge in [0.2, 0.25) is 0 Å². The summed E-state index contributed by atoms with van der Waals surface area (Å²) in [7, 11) is 0. The van der Waals surface area contributed by atoms with Gasteiger partial charge in [0.1, 0.15) is 0 Å². The van der Waals surface area contributed by atoms with Gasteiger partial charge in [-0.25, -0.2) is 0 Å². The Morgan fingerprint density at radius 1 is 1.16 bits per heavy atom. The van der Waals surface area contributed by atoms with E-state index < -0.39 is 0 Å². The zero-order chi connectivity index (χ0) is 14.1. The largest absolute Gasteiger partial charge is 0.362 e. The molecule has 0 unspecified atom stereocenters. The molecule has 0 aliphatic carbocycles. The van der Waals surface area contributed by atoms with E-state index in [2.05, 4.69) is 17.6 Å². The van der Waals surface area contributed by atoms with Crippen molar-refractivity contribution in [2.75, 3.05) is 11.9 Å². The van der Waals surface area contributed by atoms with Crippen molar-refractivity contribution in [1.82, 2.24) is 5.32 Å². The van der Waals surface area contributed by atoms with Crippen molar-refractivity contribution in [3.05, 3.63) is 28.2 Å². The van der Waals surface area contributed by atoms with Gasteiger partial charge in [-0.05, 0) is 30.8 Å². The van der Waals surface area contributed by atoms with E-state index in [4.69, 9.17) is 35.4 Å². The van der Waals surface area contributed by atoms with Gasteiger partial charge in [0.15, 0.2) is 5.11 Å². The van der Waals surface area contributed by atoms with Crippen LogP contribution in [0.3, 0.4) is 0 Å². The lowest BCUT2D eigenvalue weighted by Gasteiger charge is -2.12. The molecule has 1 aromatic carbocycles. The van der Waals surface area contributed by atoms with Crippen LogP contribution in [0.25, 0.3) is 0 Å². The van der Waals surface area contributed by atoms with Crippen molar-refractivity contribution in [2.45, 2.75) is 39.0 Å². The summed E-state index contributed by atoms with van der Waals surface area (Å²) in [5.74, 6) is 0. The van der Waals surface area contributed by atoms with E-state index in [1.165, 1.54) is 25.7 Å². The van der Waals surface area contributed by atoms with Gasteiger partial charge in [-0.15, -0.1) is 0 Å². The highest BCUT2D eigenvalue weighted by Crippen LogP contribution is 2.29. The first-order valence-electron chi connectivity index (χ1n) is 6.64. The summed E-state index contributed by atoms with van der Waals surface area (Å²) >= 11 is 17.2. The third-order valence-electron chi connectivity index (χ3n) is 2.77. The summed E-state index contributed by atoms with van der Waals surface area (Å²) < 4.78 is 0. The van der Waals surface area contributed by atoms with Crippen LogP contribution in [0.15, 0.2) is 18.2 Å². The molecule has 0 spiro atoms. The predicted molar refractivity (Wildman–Crippen MR) is 89.4 cm³/mol. The molecule has 0 radical (unpaired) electrons. The second-order valence-electron chi connectivity index (χ2n) is 4.40. The zero-order valence-corrected chi connectivity index (χ0v) is 13.5. The van der Waals surface area contributed by atoms with Crippen molar-refractivity contribution in [1.29, 1.82) is 0 Å². The molecule has 106 valence electrons. The van der Waals surface area contributed by atoms with E-state index >= 15 is 0 Å². The number of benzene rings is 1. The van der Waals surface area contributed by atoms with Crippen molar-refractivity contribution in [3.63, 3.8) is 0 Å². The van der Waals surface area contributed by atoms with Crippen LogP contribution in [0.2, 0.25) is 10.0 Å². The van der Waals surface area contributed by atoms with Crippen LogP contribution >= 0.6 is 35.4 Å². The Labute approximate surface area is 130 Å². The van der Waals surface area contributed by atoms with Gasteiger partial charge < -0.3 is 10.6 Å². The normalized spacial score (nSPS) is 10.3. The minimum atomic E-state index is 0.497. The highest BCUT2D eigenvalue weighted by Gasteiger charge is 2.05. The molecular formula is C14H20Cl2N2S. The molecule has 0 heterocycles. The van der Waals surface area contributed by atoms with Crippen molar-refractivity contribution in [3.8, 4) is 0 Å². The summed E-state index contributed by atoms with van der Waals surface area (Å²) in [6.07, 6.45) is 6.23. The van der Waals surface area contributed by atoms with E-state index in [-0.39, 0.29) is 0 Å². The lowest BCUT2D eigenvalue weighted by molar-refractivity contribution is 0.625. The van der Waals surface area contributed by atoms with Gasteiger partial charge >= 0.3 is 0 Å². The average molecular weight is 319 g/mol. The van der Waals surface area contributed by atoms with E-state index in [0.29, 0.717) is 15.2 Å². The zero-order valence-electron chi connectivity index (χ0n) is 11.1. The molecule has 0 aliphatic rings. The second-order valence-corrected chi connectivity index (χ2v) is 5.59. The quantitative estimate of drug-likeness (QED) is 0.530. The van der Waals surface area contributed by atoms with Gasteiger partial charge in [0.25, 0.3) is 0 Å². The number of rotatable bonds is 7. The Morgan fingerprint density at radius 3 is 2.63 bits per heavy atom. The fraction of sp³-hybridized carbons (Fsp3) is 0.500. The van der Waals surface area contributed by atoms with Crippen LogP contribution in [-0.2, 0) is 0 Å². The molecule has 0 aromatic heterocycles. The van der Waals surface area contributed by atoms with Gasteiger partial charge in [0.05, 0.1) is 15.7 Å². The Kier molecular flexibility index (Phi) is 8.19. The minimum Gasteiger partial charge on any atom is -0.362 e. The number of hydrogen-bond donors (Lipinski definition) is 2. The summed E-state index contributed by atoms with van der Waals surface area (Å²) in [5, 5.41) is 7.83. The molecule has 0 bridgehead atoms. The maximum absolute atomic E-state index is 6.07. The molecule has 1 rings (SSSR count). The maximum atomic E-state index is 6.07. The first kappa shape index (κ1) is 16.5. The molecule has 0 aliphatic heterocycles. The highest BCUT2D eigenvalue weighted by molar-refractivity contribution is 7.80. The number of anilines is 1. The lowest BCUT2D eigenvalue weighted by atomic mass is 10.1. The molecule has 1 aromatic rings. The van der Waals surface area contributed by atoms with Crippen LogP contribution in [0.4, 0.5) is 5.69 Å². The number of thiocarbonyl (C=S) groups is 1. The Morgan fingerprint density at radius 2 is 1.89 bits per heavy atom. The minimum absolute atomic E-state index is 0.497. The molecule has 0 saturated carbocycles. The highest BCUT2D eigenvalue weighted by atomic mass is 35.5. The first-order chi connectivity index (χ1) is 9.15. The second kappa shape index (κ2) is 9.40. The standard InChI is InChI=1S/C14H20Cl2N2S/c1-2-3-4-5-6-10-17-14(19)18-12-9-7-8-11(15)13(12)16/h7-9H,2-6,10H2,1H3,(H2,17,18,19). The smallest absolute Gasteiger partial charge is 0.170 e. The summed E-state index contributed by atoms with van der Waals surface area (Å²) in [6.45, 7) is 3.10. The van der Waals surface area contributed by atoms with Gasteiger partial charge in [-0.3, -0.25) is 0 Å². The molecule has 0 amide bonds. The van der Waals surface area contributed by atoms with Crippen LogP contribution in [0.5, 0.6) is 0 Å². The third kappa shape index (κ3) is 6.46. The lowest BCUT2D eigenvalue weighted by Crippen LogP contribution is -2.29. The Balaban J connectivity index is 2.26. The topological polar surface area (TPSA) is 24.1 Å². The van der Waals surface area contributed by atoms with E-state index in [1.54, 1.807) is 6.07 Å². The van der Waals surface area contributed by atoms with Crippen LogP contribution < -0.4 is 10.6 Å². The predicted octanol–water partition coefficient (Wildman–Crippen LogP) is 5.25. The number of halogens is 2. The van der Waals surface area contributed by atoms with Crippen LogP contribution in [0, 0.1) is 0 Å². The van der Waals surface area contributed by atoms with E-state index in [0.717, 1.165) is 18.7 Å². The molecule has 0 atom stereocenters. The Hall–Kier alpha value is -0.510. The molecule has 0 fully saturated rings. The summed E-state index contributed by atoms with van der Waals surface area (Å²) in [6, 6.07) is 5.44. The molecule has 0 saturated heterocycles. The number of unbranched alkanes of at least 4 members (excludes halogenated alkanes) is 4. The first-order valence-corrected chi connectivity index (χ1v) is 7.80. The summed E-state index contributed by atoms with van der Waals surface area (Å²) in [4.78, 5) is 0. The van der Waals surface area contributed by atoms with E-state index in [1.807, 2.05) is 12.1 Å². The average Bonchev–Trinajstić information content (AvgIpc) is 2.39. The molecular weight excluding hydrogens is 299 g/mol. The summed E-state index contributed by atoms with van der Waals surface area (Å²) in [5.41, 5.74) is 0.734. The molecule has 2 nitrogen and oxygen atoms in total. The van der Waals surface area contributed by atoms with E-state index in [9.17, 15) is 0 Å². The fourth-order valence-corrected chi connectivity index (χ4v) is 2.26. The van der Waals surface area contributed by atoms with Gasteiger partial charge in [-0.2, -0.15) is 0 Å². The molecule has 2 N–H and O–H groups in total. The van der Waals surface area contributed by atoms with Crippen molar-refractivity contribution < 1.29 is 0 Å². The van der Waals surface area contributed by atoms with Crippen LogP contribution in [0.1, 0.15) is 39.0 Å². The van der Waals surface area contributed by atoms with Gasteiger partial charge in [-0.1, -0.05) is 61.9 Å². The monoisotopic (exact) mass is 318 g/mol. The third-order valence-corrected chi connectivity index (χ3v) is 3.83. The molecule has 19 heavy (non-hydrogen) atoms. The number of nitrogens with one attached hydrogen (secondary N) is 2. The maximum Gasteiger partial charge on any atom is 0.170 e. The van der Waals surface area contributed by atoms with Crippen molar-refractivity contribution in [2.24, 2.45) is 0 Å². The van der Waals surface area contributed by atoms with Crippen molar-refractivity contribution >= 4 is 46.2 Å². The SMILES string of the molecule is CCCCCCCNC(=S)Nc1cccc(Cl)c1Cl. The van der Waals surface area contributed by atoms with Gasteiger partial charge in [0, 0.05) is 6.54 Å².